The van der Waals surface area contributed by atoms with Gasteiger partial charge in [-0.25, -0.2) is 9.13 Å². The number of nitrogen functional groups attached to an aromatic ring is 1. The summed E-state index contributed by atoms with van der Waals surface area (Å²) in [5, 5.41) is 0. The molecule has 0 amide bonds. The Kier molecular flexibility index (Phi) is 4.20. The van der Waals surface area contributed by atoms with E-state index in [2.05, 4.69) is 17.6 Å². The summed E-state index contributed by atoms with van der Waals surface area (Å²) in [4.78, 5) is 11.7. The maximum Gasteiger partial charge on any atom is 0.356 e. The lowest BCUT2D eigenvalue weighted by Gasteiger charge is -2.00. The van der Waals surface area contributed by atoms with Gasteiger partial charge in [-0.15, -0.1) is 0 Å². The monoisotopic (exact) mass is 260 g/mol. The maximum atomic E-state index is 11.7. The highest BCUT2D eigenvalue weighted by atomic mass is 16.1. The van der Waals surface area contributed by atoms with Gasteiger partial charge in [0.1, 0.15) is 17.6 Å². The Labute approximate surface area is 113 Å². The largest absolute Gasteiger partial charge is 0.356 e. The maximum absolute atomic E-state index is 11.7. The molecule has 1 aromatic carbocycles. The zero-order chi connectivity index (χ0) is 13.8. The SMILES string of the molecule is CCCCn1c(N)[n+](CC(=O)CC)c2ccccc21. The zero-order valence-electron chi connectivity index (χ0n) is 11.7. The Morgan fingerprint density at radius 1 is 1.32 bits per heavy atom. The number of fused-ring (bicyclic) bond motifs is 1. The fourth-order valence-corrected chi connectivity index (χ4v) is 2.32. The van der Waals surface area contributed by atoms with Gasteiger partial charge in [-0.3, -0.25) is 10.5 Å². The summed E-state index contributed by atoms with van der Waals surface area (Å²) in [5.41, 5.74) is 8.38. The smallest absolute Gasteiger partial charge is 0.296 e. The van der Waals surface area contributed by atoms with E-state index in [4.69, 9.17) is 5.73 Å². The number of benzene rings is 1. The van der Waals surface area contributed by atoms with Gasteiger partial charge >= 0.3 is 5.95 Å². The van der Waals surface area contributed by atoms with Crippen molar-refractivity contribution in [2.24, 2.45) is 0 Å². The molecular formula is C15H22N3O+. The Bertz CT molecular complexity index is 586. The summed E-state index contributed by atoms with van der Waals surface area (Å²) in [7, 11) is 0. The van der Waals surface area contributed by atoms with Gasteiger partial charge in [0.2, 0.25) is 0 Å². The zero-order valence-corrected chi connectivity index (χ0v) is 11.7. The molecule has 1 heterocycles. The fraction of sp³-hybridized carbons (Fsp3) is 0.467. The lowest BCUT2D eigenvalue weighted by Crippen LogP contribution is -2.40. The van der Waals surface area contributed by atoms with Crippen molar-refractivity contribution in [3.8, 4) is 0 Å². The standard InChI is InChI=1S/C15H21N3O/c1-3-5-10-17-13-8-6-7-9-14(13)18(15(17)16)11-12(19)4-2/h6-9,16H,3-5,10-11H2,1-2H3/p+1. The van der Waals surface area contributed by atoms with Crippen molar-refractivity contribution >= 4 is 22.8 Å². The lowest BCUT2D eigenvalue weighted by molar-refractivity contribution is -0.644. The number of nitrogens with two attached hydrogens (primary N) is 1. The van der Waals surface area contributed by atoms with Gasteiger partial charge < -0.3 is 0 Å². The molecule has 4 nitrogen and oxygen atoms in total. The molecule has 4 heteroatoms. The average Bonchev–Trinajstić information content (AvgIpc) is 2.70. The summed E-state index contributed by atoms with van der Waals surface area (Å²) in [6.07, 6.45) is 2.76. The highest BCUT2D eigenvalue weighted by molar-refractivity contribution is 5.78. The van der Waals surface area contributed by atoms with Crippen LogP contribution in [0.1, 0.15) is 33.1 Å². The van der Waals surface area contributed by atoms with Gasteiger partial charge in [0.15, 0.2) is 5.78 Å². The number of para-hydroxylation sites is 2. The number of ketones is 1. The first-order valence-electron chi connectivity index (χ1n) is 6.97. The van der Waals surface area contributed by atoms with Gasteiger partial charge in [-0.1, -0.05) is 32.4 Å². The van der Waals surface area contributed by atoms with Crippen LogP contribution in [0.5, 0.6) is 0 Å². The van der Waals surface area contributed by atoms with Gasteiger partial charge in [-0.2, -0.15) is 0 Å². The molecule has 0 atom stereocenters. The average molecular weight is 260 g/mol. The van der Waals surface area contributed by atoms with E-state index in [-0.39, 0.29) is 5.78 Å². The number of aryl methyl sites for hydroxylation is 1. The van der Waals surface area contributed by atoms with Gasteiger partial charge in [0.25, 0.3) is 0 Å². The summed E-state index contributed by atoms with van der Waals surface area (Å²) in [6, 6.07) is 8.08. The molecule has 2 aromatic rings. The van der Waals surface area contributed by atoms with Crippen LogP contribution in [0, 0.1) is 0 Å². The molecule has 0 aliphatic rings. The van der Waals surface area contributed by atoms with Crippen LogP contribution in [0.15, 0.2) is 24.3 Å². The molecule has 102 valence electrons. The van der Waals surface area contributed by atoms with E-state index in [1.807, 2.05) is 29.7 Å². The third-order valence-corrected chi connectivity index (χ3v) is 3.48. The molecule has 0 spiro atoms. The van der Waals surface area contributed by atoms with Crippen molar-refractivity contribution in [2.45, 2.75) is 46.2 Å². The summed E-state index contributed by atoms with van der Waals surface area (Å²) >= 11 is 0. The Morgan fingerprint density at radius 2 is 2.05 bits per heavy atom. The second-order valence-corrected chi connectivity index (χ2v) is 4.83. The van der Waals surface area contributed by atoms with E-state index in [1.165, 1.54) is 0 Å². The third-order valence-electron chi connectivity index (χ3n) is 3.48. The number of rotatable bonds is 6. The first-order valence-corrected chi connectivity index (χ1v) is 6.97. The van der Waals surface area contributed by atoms with Crippen molar-refractivity contribution in [3.05, 3.63) is 24.3 Å². The number of unbranched alkanes of at least 4 members (excludes halogenated alkanes) is 1. The van der Waals surface area contributed by atoms with Crippen LogP contribution in [0.3, 0.4) is 0 Å². The number of carbonyl (C=O) groups excluding carboxylic acids is 1. The molecule has 1 aromatic heterocycles. The first-order chi connectivity index (χ1) is 9.19. The molecule has 0 aliphatic carbocycles. The second kappa shape index (κ2) is 5.87. The highest BCUT2D eigenvalue weighted by Crippen LogP contribution is 2.16. The minimum Gasteiger partial charge on any atom is -0.296 e. The molecule has 2 N–H and O–H groups in total. The Hall–Kier alpha value is -1.84. The number of hydrogen-bond acceptors (Lipinski definition) is 2. The number of aromatic nitrogens is 2. The Morgan fingerprint density at radius 3 is 2.74 bits per heavy atom. The molecule has 2 rings (SSSR count). The van der Waals surface area contributed by atoms with Crippen LogP contribution in [0.2, 0.25) is 0 Å². The number of carbonyl (C=O) groups is 1. The van der Waals surface area contributed by atoms with Crippen LogP contribution < -0.4 is 10.3 Å². The quantitative estimate of drug-likeness (QED) is 0.810. The predicted octanol–water partition coefficient (Wildman–Crippen LogP) is 2.29. The number of hydrogen-bond donors (Lipinski definition) is 1. The lowest BCUT2D eigenvalue weighted by atomic mass is 10.3. The van der Waals surface area contributed by atoms with Crippen molar-refractivity contribution in [2.75, 3.05) is 5.73 Å². The Balaban J connectivity index is 2.50. The van der Waals surface area contributed by atoms with E-state index < -0.39 is 0 Å². The molecular weight excluding hydrogens is 238 g/mol. The molecule has 0 bridgehead atoms. The van der Waals surface area contributed by atoms with Gasteiger partial charge in [0, 0.05) is 6.42 Å². The molecule has 0 saturated heterocycles. The number of imidazole rings is 1. The second-order valence-electron chi connectivity index (χ2n) is 4.83. The van der Waals surface area contributed by atoms with Crippen LogP contribution in [-0.4, -0.2) is 10.4 Å². The third kappa shape index (κ3) is 2.62. The highest BCUT2D eigenvalue weighted by Gasteiger charge is 2.21. The van der Waals surface area contributed by atoms with Gasteiger partial charge in [-0.05, 0) is 18.6 Å². The van der Waals surface area contributed by atoms with Crippen molar-refractivity contribution in [3.63, 3.8) is 0 Å². The van der Waals surface area contributed by atoms with E-state index in [1.54, 1.807) is 0 Å². The van der Waals surface area contributed by atoms with Crippen LogP contribution >= 0.6 is 0 Å². The van der Waals surface area contributed by atoms with E-state index in [0.29, 0.717) is 18.9 Å². The van der Waals surface area contributed by atoms with Crippen molar-refractivity contribution in [1.82, 2.24) is 4.57 Å². The minimum absolute atomic E-state index is 0.204. The summed E-state index contributed by atoms with van der Waals surface area (Å²) in [5.74, 6) is 0.881. The first kappa shape index (κ1) is 13.6. The fourth-order valence-electron chi connectivity index (χ4n) is 2.32. The molecule has 0 aliphatic heterocycles. The van der Waals surface area contributed by atoms with E-state index in [9.17, 15) is 4.79 Å². The van der Waals surface area contributed by atoms with Crippen LogP contribution in [0.25, 0.3) is 11.0 Å². The van der Waals surface area contributed by atoms with E-state index >= 15 is 0 Å². The molecule has 0 saturated carbocycles. The molecule has 19 heavy (non-hydrogen) atoms. The number of nitrogens with zero attached hydrogens (tertiary/aromatic N) is 2. The normalized spacial score (nSPS) is 11.1. The molecule has 0 fully saturated rings. The molecule has 0 unspecified atom stereocenters. The van der Waals surface area contributed by atoms with Crippen LogP contribution in [0.4, 0.5) is 5.95 Å². The topological polar surface area (TPSA) is 51.9 Å². The molecule has 0 radical (unpaired) electrons. The minimum atomic E-state index is 0.204. The predicted molar refractivity (Wildman–Crippen MR) is 76.8 cm³/mol. The van der Waals surface area contributed by atoms with Crippen molar-refractivity contribution < 1.29 is 9.36 Å². The van der Waals surface area contributed by atoms with Crippen molar-refractivity contribution in [1.29, 1.82) is 0 Å². The van der Waals surface area contributed by atoms with E-state index in [0.717, 1.165) is 30.4 Å². The number of Topliss-reactive ketones (excluding diaryl/α,β-unsaturated/α-hetero) is 1. The summed E-state index contributed by atoms with van der Waals surface area (Å²) in [6.45, 7) is 5.31. The van der Waals surface area contributed by atoms with Gasteiger partial charge in [0.05, 0.1) is 6.54 Å². The number of anilines is 1. The van der Waals surface area contributed by atoms with Crippen LogP contribution in [-0.2, 0) is 17.9 Å². The summed E-state index contributed by atoms with van der Waals surface area (Å²) < 4.78 is 4.04.